The van der Waals surface area contributed by atoms with Crippen molar-refractivity contribution in [1.29, 1.82) is 0 Å². The number of carboxylic acid groups (broad SMARTS) is 1. The van der Waals surface area contributed by atoms with Crippen molar-refractivity contribution in [2.45, 2.75) is 25.8 Å². The molecule has 1 aromatic rings. The summed E-state index contributed by atoms with van der Waals surface area (Å²) in [5.74, 6) is -0.758. The smallest absolute Gasteiger partial charge is 0.326 e. The number of aryl methyl sites for hydroxylation is 1. The largest absolute Gasteiger partial charge is 0.480 e. The Kier molecular flexibility index (Phi) is 2.62. The topological polar surface area (TPSA) is 40.5 Å². The van der Waals surface area contributed by atoms with Crippen molar-refractivity contribution in [2.24, 2.45) is 0 Å². The molecule has 0 aliphatic carbocycles. The second kappa shape index (κ2) is 3.93. The van der Waals surface area contributed by atoms with Crippen LogP contribution in [0.3, 0.4) is 0 Å². The minimum atomic E-state index is -0.758. The third-order valence-corrected chi connectivity index (χ3v) is 2.97. The highest BCUT2D eigenvalue weighted by Gasteiger charge is 2.24. The molecule has 0 spiro atoms. The molecule has 3 nitrogen and oxygen atoms in total. The second-order valence-corrected chi connectivity index (χ2v) is 3.94. The molecule has 80 valence electrons. The molecule has 1 atom stereocenters. The molecule has 1 N–H and O–H groups in total. The first-order valence-corrected chi connectivity index (χ1v) is 5.27. The van der Waals surface area contributed by atoms with Crippen LogP contribution in [0.25, 0.3) is 0 Å². The van der Waals surface area contributed by atoms with Gasteiger partial charge in [0, 0.05) is 12.2 Å². The molecule has 0 bridgehead atoms. The number of benzene rings is 1. The maximum atomic E-state index is 11.0. The molecule has 1 heterocycles. The molecule has 1 aromatic carbocycles. The van der Waals surface area contributed by atoms with Crippen LogP contribution >= 0.6 is 0 Å². The predicted molar refractivity (Wildman–Crippen MR) is 59.2 cm³/mol. The van der Waals surface area contributed by atoms with Gasteiger partial charge in [-0.25, -0.2) is 4.79 Å². The Hall–Kier alpha value is -1.51. The lowest BCUT2D eigenvalue weighted by atomic mass is 10.0. The van der Waals surface area contributed by atoms with Crippen LogP contribution < -0.4 is 4.90 Å². The van der Waals surface area contributed by atoms with E-state index < -0.39 is 12.0 Å². The van der Waals surface area contributed by atoms with E-state index in [-0.39, 0.29) is 0 Å². The van der Waals surface area contributed by atoms with Crippen LogP contribution in [0.5, 0.6) is 0 Å². The van der Waals surface area contributed by atoms with Crippen molar-refractivity contribution in [2.75, 3.05) is 11.4 Å². The summed E-state index contributed by atoms with van der Waals surface area (Å²) in [4.78, 5) is 12.9. The molecular weight excluding hydrogens is 190 g/mol. The Morgan fingerprint density at radius 2 is 2.20 bits per heavy atom. The zero-order valence-electron chi connectivity index (χ0n) is 8.81. The van der Waals surface area contributed by atoms with E-state index in [1.54, 1.807) is 6.92 Å². The van der Waals surface area contributed by atoms with Gasteiger partial charge in [-0.05, 0) is 31.4 Å². The van der Waals surface area contributed by atoms with Crippen molar-refractivity contribution in [1.82, 2.24) is 0 Å². The lowest BCUT2D eigenvalue weighted by molar-refractivity contribution is -0.138. The predicted octanol–water partition coefficient (Wildman–Crippen LogP) is 1.91. The molecule has 0 fully saturated rings. The van der Waals surface area contributed by atoms with Crippen molar-refractivity contribution in [3.05, 3.63) is 29.8 Å². The summed E-state index contributed by atoms with van der Waals surface area (Å²) < 4.78 is 0. The minimum Gasteiger partial charge on any atom is -0.480 e. The first kappa shape index (κ1) is 10.0. The van der Waals surface area contributed by atoms with Crippen LogP contribution in [0, 0.1) is 0 Å². The van der Waals surface area contributed by atoms with Gasteiger partial charge < -0.3 is 10.0 Å². The first-order chi connectivity index (χ1) is 7.20. The van der Waals surface area contributed by atoms with E-state index in [1.165, 1.54) is 5.56 Å². The van der Waals surface area contributed by atoms with Gasteiger partial charge in [-0.3, -0.25) is 0 Å². The quantitative estimate of drug-likeness (QED) is 0.801. The maximum absolute atomic E-state index is 11.0. The lowest BCUT2D eigenvalue weighted by Crippen LogP contribution is -2.42. The third kappa shape index (κ3) is 1.82. The van der Waals surface area contributed by atoms with Crippen molar-refractivity contribution < 1.29 is 9.90 Å². The Bertz CT molecular complexity index is 376. The van der Waals surface area contributed by atoms with Gasteiger partial charge in [-0.15, -0.1) is 0 Å². The summed E-state index contributed by atoms with van der Waals surface area (Å²) in [5.41, 5.74) is 2.34. The summed E-state index contributed by atoms with van der Waals surface area (Å²) in [6.45, 7) is 2.58. The van der Waals surface area contributed by atoms with Crippen LogP contribution in [0.2, 0.25) is 0 Å². The van der Waals surface area contributed by atoms with Crippen LogP contribution in [-0.4, -0.2) is 23.7 Å². The molecule has 0 saturated heterocycles. The normalized spacial score (nSPS) is 17.0. The van der Waals surface area contributed by atoms with E-state index >= 15 is 0 Å². The number of anilines is 1. The Labute approximate surface area is 89.3 Å². The average molecular weight is 205 g/mol. The highest BCUT2D eigenvalue weighted by molar-refractivity contribution is 5.78. The van der Waals surface area contributed by atoms with Crippen molar-refractivity contribution in [3.8, 4) is 0 Å². The summed E-state index contributed by atoms with van der Waals surface area (Å²) in [5, 5.41) is 9.02. The van der Waals surface area contributed by atoms with Gasteiger partial charge in [0.2, 0.25) is 0 Å². The molecular formula is C12H15NO2. The second-order valence-electron chi connectivity index (χ2n) is 3.94. The summed E-state index contributed by atoms with van der Waals surface area (Å²) in [6.07, 6.45) is 2.09. The van der Waals surface area contributed by atoms with E-state index in [1.807, 2.05) is 23.1 Å². The molecule has 0 radical (unpaired) electrons. The minimum absolute atomic E-state index is 0.438. The Morgan fingerprint density at radius 3 is 2.93 bits per heavy atom. The standard InChI is InChI=1S/C12H15NO2/c1-9(12(14)15)13-8-4-6-10-5-2-3-7-11(10)13/h2-3,5,7,9H,4,6,8H2,1H3,(H,14,15)/t9-/m1/s1. The number of para-hydroxylation sites is 1. The molecule has 0 saturated carbocycles. The lowest BCUT2D eigenvalue weighted by Gasteiger charge is -2.34. The fourth-order valence-electron chi connectivity index (χ4n) is 2.10. The van der Waals surface area contributed by atoms with E-state index in [0.29, 0.717) is 0 Å². The Morgan fingerprint density at radius 1 is 1.47 bits per heavy atom. The van der Waals surface area contributed by atoms with Gasteiger partial charge >= 0.3 is 5.97 Å². The Balaban J connectivity index is 2.33. The van der Waals surface area contributed by atoms with E-state index in [2.05, 4.69) is 6.07 Å². The number of rotatable bonds is 2. The molecule has 2 rings (SSSR count). The van der Waals surface area contributed by atoms with Gasteiger partial charge in [-0.2, -0.15) is 0 Å². The zero-order valence-corrected chi connectivity index (χ0v) is 8.81. The van der Waals surface area contributed by atoms with Crippen LogP contribution in [0.4, 0.5) is 5.69 Å². The van der Waals surface area contributed by atoms with Gasteiger partial charge in [-0.1, -0.05) is 18.2 Å². The summed E-state index contributed by atoms with van der Waals surface area (Å²) >= 11 is 0. The molecule has 0 unspecified atom stereocenters. The number of hydrogen-bond donors (Lipinski definition) is 1. The summed E-state index contributed by atoms with van der Waals surface area (Å²) in [6, 6.07) is 7.62. The molecule has 0 aromatic heterocycles. The highest BCUT2D eigenvalue weighted by atomic mass is 16.4. The van der Waals surface area contributed by atoms with E-state index in [0.717, 1.165) is 25.1 Å². The first-order valence-electron chi connectivity index (χ1n) is 5.27. The number of carboxylic acids is 1. The SMILES string of the molecule is C[C@H](C(=O)O)N1CCCc2ccccc21. The molecule has 1 aliphatic rings. The number of nitrogens with zero attached hydrogens (tertiary/aromatic N) is 1. The van der Waals surface area contributed by atoms with Gasteiger partial charge in [0.1, 0.15) is 6.04 Å². The van der Waals surface area contributed by atoms with Crippen molar-refractivity contribution in [3.63, 3.8) is 0 Å². The van der Waals surface area contributed by atoms with E-state index in [9.17, 15) is 4.79 Å². The van der Waals surface area contributed by atoms with Crippen molar-refractivity contribution >= 4 is 11.7 Å². The maximum Gasteiger partial charge on any atom is 0.326 e. The fraction of sp³-hybridized carbons (Fsp3) is 0.417. The number of carbonyl (C=O) groups is 1. The number of fused-ring (bicyclic) bond motifs is 1. The zero-order chi connectivity index (χ0) is 10.8. The highest BCUT2D eigenvalue weighted by Crippen LogP contribution is 2.28. The van der Waals surface area contributed by atoms with Crippen LogP contribution in [-0.2, 0) is 11.2 Å². The van der Waals surface area contributed by atoms with Gasteiger partial charge in [0.25, 0.3) is 0 Å². The average Bonchev–Trinajstić information content (AvgIpc) is 2.27. The molecule has 15 heavy (non-hydrogen) atoms. The molecule has 0 amide bonds. The van der Waals surface area contributed by atoms with Crippen LogP contribution in [0.15, 0.2) is 24.3 Å². The monoisotopic (exact) mass is 205 g/mol. The molecule has 1 aliphatic heterocycles. The van der Waals surface area contributed by atoms with Gasteiger partial charge in [0.05, 0.1) is 0 Å². The summed E-state index contributed by atoms with van der Waals surface area (Å²) in [7, 11) is 0. The van der Waals surface area contributed by atoms with Crippen LogP contribution in [0.1, 0.15) is 18.9 Å². The third-order valence-electron chi connectivity index (χ3n) is 2.97. The van der Waals surface area contributed by atoms with E-state index in [4.69, 9.17) is 5.11 Å². The molecule has 3 heteroatoms. The number of hydrogen-bond acceptors (Lipinski definition) is 2. The fourth-order valence-corrected chi connectivity index (χ4v) is 2.10. The number of aliphatic carboxylic acids is 1. The van der Waals surface area contributed by atoms with Gasteiger partial charge in [0.15, 0.2) is 0 Å².